The van der Waals surface area contributed by atoms with Gasteiger partial charge in [-0.15, -0.1) is 11.8 Å². The predicted molar refractivity (Wildman–Crippen MR) is 152 cm³/mol. The summed E-state index contributed by atoms with van der Waals surface area (Å²) in [5.74, 6) is -1.77. The molecule has 0 bridgehead atoms. The molecule has 2 aromatic carbocycles. The molecule has 41 heavy (non-hydrogen) atoms. The van der Waals surface area contributed by atoms with Gasteiger partial charge in [0, 0.05) is 49.2 Å². The Kier molecular flexibility index (Phi) is 9.10. The molecule has 0 aliphatic heterocycles. The number of hydrogen-bond donors (Lipinski definition) is 4. The number of anilines is 1. The number of amides is 1. The highest BCUT2D eigenvalue weighted by atomic mass is 32.2. The quantitative estimate of drug-likeness (QED) is 0.101. The zero-order valence-electron chi connectivity index (χ0n) is 22.4. The molecule has 4 rings (SSSR count). The number of nitrogens with zero attached hydrogens (tertiary/aromatic N) is 1. The summed E-state index contributed by atoms with van der Waals surface area (Å²) in [6, 6.07) is 10.8. The van der Waals surface area contributed by atoms with Gasteiger partial charge < -0.3 is 25.1 Å². The lowest BCUT2D eigenvalue weighted by Gasteiger charge is -2.15. The van der Waals surface area contributed by atoms with Gasteiger partial charge in [-0.2, -0.15) is 8.42 Å². The fraction of sp³-hybridized carbons (Fsp3) is 0.321. The highest BCUT2D eigenvalue weighted by molar-refractivity contribution is 8.00. The smallest absolute Gasteiger partial charge is 0.302 e. The number of rotatable bonds is 12. The molecule has 0 radical (unpaired) electrons. The molecule has 2 atom stereocenters. The minimum atomic E-state index is -4.45. The highest BCUT2D eigenvalue weighted by Crippen LogP contribution is 2.46. The third-order valence-electron chi connectivity index (χ3n) is 6.74. The van der Waals surface area contributed by atoms with E-state index >= 15 is 0 Å². The van der Waals surface area contributed by atoms with E-state index in [1.807, 2.05) is 6.92 Å². The number of benzene rings is 2. The summed E-state index contributed by atoms with van der Waals surface area (Å²) in [7, 11) is -4.45. The van der Waals surface area contributed by atoms with Crippen molar-refractivity contribution in [1.29, 1.82) is 0 Å². The van der Waals surface area contributed by atoms with E-state index in [0.717, 1.165) is 17.4 Å². The lowest BCUT2D eigenvalue weighted by molar-refractivity contribution is -0.141. The number of ether oxygens (including phenoxy) is 1. The van der Waals surface area contributed by atoms with Crippen LogP contribution in [-0.4, -0.2) is 57.8 Å². The number of carbonyl (C=O) groups excluding carboxylic acids is 3. The van der Waals surface area contributed by atoms with Gasteiger partial charge in [-0.1, -0.05) is 19.1 Å². The van der Waals surface area contributed by atoms with Crippen molar-refractivity contribution < 1.29 is 42.3 Å². The summed E-state index contributed by atoms with van der Waals surface area (Å²) in [5, 5.41) is 23.7. The Morgan fingerprint density at radius 1 is 1.12 bits per heavy atom. The van der Waals surface area contributed by atoms with Crippen LogP contribution in [0.5, 0.6) is 11.8 Å². The van der Waals surface area contributed by atoms with Crippen molar-refractivity contribution in [3.05, 3.63) is 53.6 Å². The number of hydrogen-bond acceptors (Lipinski definition) is 9. The standard InChI is InChI=1S/C28H30N2O9S2/c1-16(4-3-11-31)40-25-14-27(34)30(28(25)35)10-9-26(33)29-18-5-7-20-21-8-6-19(41(36,37)38)13-23(21)24(22(20)12-18)15-39-17(2)32/h5-8,11-14,16,24,34-35H,3-4,9-10,15H2,1-2H3,(H,29,33)(H,36,37,38). The molecule has 4 N–H and O–H groups in total. The molecule has 0 saturated carbocycles. The molecular weight excluding hydrogens is 572 g/mol. The number of esters is 1. The van der Waals surface area contributed by atoms with Crippen LogP contribution >= 0.6 is 11.8 Å². The zero-order valence-corrected chi connectivity index (χ0v) is 24.0. The van der Waals surface area contributed by atoms with Crippen molar-refractivity contribution in [2.24, 2.45) is 0 Å². The largest absolute Gasteiger partial charge is 0.494 e. The Labute approximate surface area is 241 Å². The molecular formula is C28H30N2O9S2. The molecule has 1 aliphatic carbocycles. The SMILES string of the molecule is CC(=O)OCC1c2cc(NC(=O)CCn3c(O)cc(SC(C)CCC=O)c3O)ccc2-c2ccc(S(=O)(=O)O)cc21. The number of thioether (sulfide) groups is 1. The van der Waals surface area contributed by atoms with E-state index in [4.69, 9.17) is 4.74 Å². The van der Waals surface area contributed by atoms with E-state index in [2.05, 4.69) is 5.32 Å². The Bertz CT molecular complexity index is 1600. The summed E-state index contributed by atoms with van der Waals surface area (Å²) < 4.78 is 39.4. The first-order valence-corrected chi connectivity index (χ1v) is 15.1. The molecule has 0 saturated heterocycles. The molecule has 1 heterocycles. The minimum Gasteiger partial charge on any atom is -0.494 e. The van der Waals surface area contributed by atoms with Gasteiger partial charge >= 0.3 is 5.97 Å². The summed E-state index contributed by atoms with van der Waals surface area (Å²) in [4.78, 5) is 35.1. The maximum Gasteiger partial charge on any atom is 0.302 e. The van der Waals surface area contributed by atoms with E-state index in [1.54, 1.807) is 24.3 Å². The second-order valence-corrected chi connectivity index (χ2v) is 12.6. The first-order chi connectivity index (χ1) is 19.4. The molecule has 0 spiro atoms. The number of carbonyl (C=O) groups is 3. The van der Waals surface area contributed by atoms with Gasteiger partial charge in [0.25, 0.3) is 10.1 Å². The number of fused-ring (bicyclic) bond motifs is 3. The summed E-state index contributed by atoms with van der Waals surface area (Å²) in [5.41, 5.74) is 3.21. The van der Waals surface area contributed by atoms with Crippen LogP contribution in [0.1, 0.15) is 50.2 Å². The van der Waals surface area contributed by atoms with Crippen molar-refractivity contribution in [3.8, 4) is 22.9 Å². The highest BCUT2D eigenvalue weighted by Gasteiger charge is 2.31. The first kappa shape index (κ1) is 30.2. The van der Waals surface area contributed by atoms with Crippen molar-refractivity contribution in [3.63, 3.8) is 0 Å². The van der Waals surface area contributed by atoms with E-state index in [1.165, 1.54) is 41.5 Å². The molecule has 1 aliphatic rings. The minimum absolute atomic E-state index is 0.0106. The maximum atomic E-state index is 12.8. The molecule has 13 heteroatoms. The Morgan fingerprint density at radius 3 is 2.46 bits per heavy atom. The molecule has 3 aromatic rings. The third kappa shape index (κ3) is 6.92. The van der Waals surface area contributed by atoms with E-state index in [0.29, 0.717) is 34.6 Å². The average molecular weight is 603 g/mol. The van der Waals surface area contributed by atoms with E-state index < -0.39 is 22.0 Å². The Hall–Kier alpha value is -3.81. The van der Waals surface area contributed by atoms with Gasteiger partial charge in [0.2, 0.25) is 11.8 Å². The second kappa shape index (κ2) is 12.4. The van der Waals surface area contributed by atoms with Gasteiger partial charge in [-0.05, 0) is 52.9 Å². The van der Waals surface area contributed by atoms with Crippen LogP contribution in [0.15, 0.2) is 52.3 Å². The fourth-order valence-electron chi connectivity index (χ4n) is 4.78. The molecule has 218 valence electrons. The number of aldehydes is 1. The average Bonchev–Trinajstić information content (AvgIpc) is 3.35. The molecule has 11 nitrogen and oxygen atoms in total. The predicted octanol–water partition coefficient (Wildman–Crippen LogP) is 4.31. The lowest BCUT2D eigenvalue weighted by atomic mass is 9.97. The van der Waals surface area contributed by atoms with Gasteiger partial charge in [0.05, 0.1) is 9.79 Å². The second-order valence-electron chi connectivity index (χ2n) is 9.69. The van der Waals surface area contributed by atoms with Crippen molar-refractivity contribution in [2.75, 3.05) is 11.9 Å². The number of nitrogens with one attached hydrogen (secondary N) is 1. The number of aromatic nitrogens is 1. The van der Waals surface area contributed by atoms with E-state index in [-0.39, 0.29) is 47.4 Å². The monoisotopic (exact) mass is 602 g/mol. The third-order valence-corrected chi connectivity index (χ3v) is 8.79. The molecule has 1 amide bonds. The van der Waals surface area contributed by atoms with Gasteiger partial charge in [0.15, 0.2) is 5.88 Å². The Morgan fingerprint density at radius 2 is 1.80 bits per heavy atom. The molecule has 2 unspecified atom stereocenters. The zero-order chi connectivity index (χ0) is 29.9. The Balaban J connectivity index is 1.49. The van der Waals surface area contributed by atoms with Crippen LogP contribution in [0.2, 0.25) is 0 Å². The van der Waals surface area contributed by atoms with Crippen LogP contribution in [0.25, 0.3) is 11.1 Å². The van der Waals surface area contributed by atoms with Crippen LogP contribution in [-0.2, 0) is 35.8 Å². The van der Waals surface area contributed by atoms with Crippen molar-refractivity contribution >= 4 is 45.7 Å². The van der Waals surface area contributed by atoms with Crippen LogP contribution in [0.4, 0.5) is 5.69 Å². The topological polar surface area (TPSA) is 172 Å². The number of aromatic hydroxyl groups is 2. The van der Waals surface area contributed by atoms with Crippen molar-refractivity contribution in [1.82, 2.24) is 4.57 Å². The van der Waals surface area contributed by atoms with Crippen molar-refractivity contribution in [2.45, 2.75) is 60.6 Å². The summed E-state index contributed by atoms with van der Waals surface area (Å²) in [6.45, 7) is 3.12. The van der Waals surface area contributed by atoms with Gasteiger partial charge in [-0.25, -0.2) is 0 Å². The van der Waals surface area contributed by atoms with E-state index in [9.17, 15) is 37.6 Å². The first-order valence-electron chi connectivity index (χ1n) is 12.8. The van der Waals surface area contributed by atoms with Crippen LogP contribution in [0.3, 0.4) is 0 Å². The lowest BCUT2D eigenvalue weighted by Crippen LogP contribution is -2.15. The summed E-state index contributed by atoms with van der Waals surface area (Å²) in [6.07, 6.45) is 1.79. The maximum absolute atomic E-state index is 12.8. The molecule has 1 aromatic heterocycles. The normalized spacial score (nSPS) is 14.7. The van der Waals surface area contributed by atoms with Gasteiger partial charge in [-0.3, -0.25) is 18.7 Å². The molecule has 0 fully saturated rings. The van der Waals surface area contributed by atoms with Gasteiger partial charge in [0.1, 0.15) is 12.9 Å². The van der Waals surface area contributed by atoms with Crippen LogP contribution < -0.4 is 5.32 Å². The fourth-order valence-corrected chi connectivity index (χ4v) is 6.37. The summed E-state index contributed by atoms with van der Waals surface area (Å²) >= 11 is 1.33. The van der Waals surface area contributed by atoms with Crippen LogP contribution in [0, 0.1) is 0 Å².